The summed E-state index contributed by atoms with van der Waals surface area (Å²) in [5, 5.41) is 5.59. The Bertz CT molecular complexity index is 654. The number of benzene rings is 2. The first-order valence-electron chi connectivity index (χ1n) is 8.61. The molecule has 2 N–H and O–H groups in total. The Balaban J connectivity index is 1.74. The molecule has 0 aromatic heterocycles. The largest absolute Gasteiger partial charge is 0.494 e. The third-order valence-electron chi connectivity index (χ3n) is 3.84. The first kappa shape index (κ1) is 18.6. The number of nitrogens with one attached hydrogen (secondary N) is 2. The second-order valence-corrected chi connectivity index (χ2v) is 5.66. The van der Waals surface area contributed by atoms with Crippen molar-refractivity contribution in [1.82, 2.24) is 10.6 Å². The summed E-state index contributed by atoms with van der Waals surface area (Å²) in [6.45, 7) is 6.73. The average Bonchev–Trinajstić information content (AvgIpc) is 2.63. The van der Waals surface area contributed by atoms with Crippen molar-refractivity contribution in [2.24, 2.45) is 0 Å². The summed E-state index contributed by atoms with van der Waals surface area (Å²) in [4.78, 5) is 12.0. The molecule has 0 spiro atoms. The number of amides is 2. The highest BCUT2D eigenvalue weighted by atomic mass is 16.5. The van der Waals surface area contributed by atoms with Gasteiger partial charge in [0.15, 0.2) is 6.73 Å². The van der Waals surface area contributed by atoms with E-state index in [2.05, 4.69) is 29.7 Å². The van der Waals surface area contributed by atoms with E-state index >= 15 is 0 Å². The minimum atomic E-state index is -0.266. The molecular formula is C20H26N2O3. The molecule has 0 heterocycles. The maximum atomic E-state index is 12.0. The summed E-state index contributed by atoms with van der Waals surface area (Å²) < 4.78 is 10.9. The van der Waals surface area contributed by atoms with Crippen LogP contribution >= 0.6 is 0 Å². The molecule has 0 aliphatic carbocycles. The molecule has 1 atom stereocenters. The lowest BCUT2D eigenvalue weighted by molar-refractivity contribution is 0.221. The number of carbonyl (C=O) groups is 1. The van der Waals surface area contributed by atoms with Crippen LogP contribution in [0.25, 0.3) is 0 Å². The van der Waals surface area contributed by atoms with Gasteiger partial charge >= 0.3 is 6.03 Å². The van der Waals surface area contributed by atoms with E-state index in [0.29, 0.717) is 12.4 Å². The van der Waals surface area contributed by atoms with Gasteiger partial charge in [-0.2, -0.15) is 0 Å². The van der Waals surface area contributed by atoms with Gasteiger partial charge in [0.1, 0.15) is 11.5 Å². The minimum absolute atomic E-state index is 0.0728. The summed E-state index contributed by atoms with van der Waals surface area (Å²) in [5.41, 5.74) is 2.35. The summed E-state index contributed by atoms with van der Waals surface area (Å²) in [5.74, 6) is 1.47. The van der Waals surface area contributed by atoms with Gasteiger partial charge in [-0.1, -0.05) is 31.2 Å². The van der Waals surface area contributed by atoms with Crippen molar-refractivity contribution in [3.63, 3.8) is 0 Å². The Morgan fingerprint density at radius 3 is 2.12 bits per heavy atom. The Labute approximate surface area is 149 Å². The van der Waals surface area contributed by atoms with E-state index in [1.54, 1.807) is 0 Å². The van der Waals surface area contributed by atoms with Crippen LogP contribution in [-0.4, -0.2) is 19.4 Å². The number of urea groups is 1. The van der Waals surface area contributed by atoms with Crippen LogP contribution in [-0.2, 0) is 6.42 Å². The molecule has 0 bridgehead atoms. The second kappa shape index (κ2) is 9.57. The highest BCUT2D eigenvalue weighted by Gasteiger charge is 2.09. The molecule has 134 valence electrons. The molecule has 5 nitrogen and oxygen atoms in total. The van der Waals surface area contributed by atoms with Crippen LogP contribution in [0.1, 0.15) is 37.9 Å². The molecule has 2 amide bonds. The van der Waals surface area contributed by atoms with E-state index in [1.807, 2.05) is 50.2 Å². The topological polar surface area (TPSA) is 59.6 Å². The van der Waals surface area contributed by atoms with Gasteiger partial charge in [0, 0.05) is 0 Å². The maximum Gasteiger partial charge on any atom is 0.317 e. The van der Waals surface area contributed by atoms with Crippen LogP contribution < -0.4 is 20.1 Å². The van der Waals surface area contributed by atoms with Crippen molar-refractivity contribution in [3.05, 3.63) is 59.7 Å². The maximum absolute atomic E-state index is 12.0. The van der Waals surface area contributed by atoms with E-state index in [0.717, 1.165) is 17.7 Å². The molecule has 2 rings (SSSR count). The van der Waals surface area contributed by atoms with Crippen molar-refractivity contribution in [2.75, 3.05) is 13.3 Å². The molecular weight excluding hydrogens is 316 g/mol. The van der Waals surface area contributed by atoms with Crippen LogP contribution in [0.5, 0.6) is 11.5 Å². The fraction of sp³-hybridized carbons (Fsp3) is 0.350. The van der Waals surface area contributed by atoms with Gasteiger partial charge in [0.05, 0.1) is 12.6 Å². The lowest BCUT2D eigenvalue weighted by Gasteiger charge is -2.16. The second-order valence-electron chi connectivity index (χ2n) is 5.66. The predicted octanol–water partition coefficient (Wildman–Crippen LogP) is 4.04. The zero-order valence-electron chi connectivity index (χ0n) is 15.0. The minimum Gasteiger partial charge on any atom is -0.494 e. The molecule has 0 saturated carbocycles. The van der Waals surface area contributed by atoms with Crippen LogP contribution in [0.4, 0.5) is 4.79 Å². The third-order valence-corrected chi connectivity index (χ3v) is 3.84. The normalized spacial score (nSPS) is 11.5. The quantitative estimate of drug-likeness (QED) is 0.712. The van der Waals surface area contributed by atoms with E-state index < -0.39 is 0 Å². The van der Waals surface area contributed by atoms with Crippen molar-refractivity contribution < 1.29 is 14.3 Å². The highest BCUT2D eigenvalue weighted by molar-refractivity contribution is 5.74. The fourth-order valence-electron chi connectivity index (χ4n) is 2.36. The van der Waals surface area contributed by atoms with E-state index in [4.69, 9.17) is 9.47 Å². The van der Waals surface area contributed by atoms with Crippen LogP contribution in [0.2, 0.25) is 0 Å². The molecule has 25 heavy (non-hydrogen) atoms. The lowest BCUT2D eigenvalue weighted by Crippen LogP contribution is -2.38. The lowest BCUT2D eigenvalue weighted by atomic mass is 10.1. The Kier molecular flexibility index (Phi) is 7.14. The summed E-state index contributed by atoms with van der Waals surface area (Å²) >= 11 is 0. The Hall–Kier alpha value is -2.69. The van der Waals surface area contributed by atoms with Gasteiger partial charge < -0.3 is 20.1 Å². The average molecular weight is 342 g/mol. The van der Waals surface area contributed by atoms with Gasteiger partial charge in [-0.15, -0.1) is 0 Å². The van der Waals surface area contributed by atoms with Gasteiger partial charge in [-0.3, -0.25) is 0 Å². The van der Waals surface area contributed by atoms with Crippen molar-refractivity contribution in [2.45, 2.75) is 33.2 Å². The summed E-state index contributed by atoms with van der Waals surface area (Å²) in [6, 6.07) is 15.2. The number of aryl methyl sites for hydroxylation is 1. The van der Waals surface area contributed by atoms with E-state index in [-0.39, 0.29) is 18.8 Å². The number of hydrogen-bond donors (Lipinski definition) is 2. The fourth-order valence-corrected chi connectivity index (χ4v) is 2.36. The first-order valence-corrected chi connectivity index (χ1v) is 8.61. The molecule has 0 aliphatic rings. The first-order chi connectivity index (χ1) is 12.1. The number of hydrogen-bond acceptors (Lipinski definition) is 3. The highest BCUT2D eigenvalue weighted by Crippen LogP contribution is 2.17. The zero-order chi connectivity index (χ0) is 18.1. The molecule has 1 unspecified atom stereocenters. The molecule has 0 saturated heterocycles. The number of ether oxygens (including phenoxy) is 2. The molecule has 5 heteroatoms. The molecule has 0 radical (unpaired) electrons. The molecule has 2 aromatic carbocycles. The molecule has 0 fully saturated rings. The Morgan fingerprint density at radius 1 is 0.960 bits per heavy atom. The van der Waals surface area contributed by atoms with Crippen LogP contribution in [0.15, 0.2) is 48.5 Å². The monoisotopic (exact) mass is 342 g/mol. The van der Waals surface area contributed by atoms with Crippen molar-refractivity contribution >= 4 is 6.03 Å². The molecule has 2 aromatic rings. The molecule has 0 aliphatic heterocycles. The Morgan fingerprint density at radius 2 is 1.56 bits per heavy atom. The number of rotatable bonds is 8. The third kappa shape index (κ3) is 6.03. The van der Waals surface area contributed by atoms with Gasteiger partial charge in [0.2, 0.25) is 0 Å². The van der Waals surface area contributed by atoms with Crippen LogP contribution in [0.3, 0.4) is 0 Å². The van der Waals surface area contributed by atoms with Gasteiger partial charge in [-0.25, -0.2) is 4.79 Å². The summed E-state index contributed by atoms with van der Waals surface area (Å²) in [6.07, 6.45) is 1.01. The van der Waals surface area contributed by atoms with Gasteiger partial charge in [0.25, 0.3) is 0 Å². The predicted molar refractivity (Wildman–Crippen MR) is 99.0 cm³/mol. The number of carbonyl (C=O) groups excluding carboxylic acids is 1. The summed E-state index contributed by atoms with van der Waals surface area (Å²) in [7, 11) is 0. The standard InChI is InChI=1S/C20H26N2O3/c1-4-16-6-8-17(9-7-16)15(3)22-20(23)21-14-25-19-12-10-18(11-13-19)24-5-2/h6-13,15H,4-5,14H2,1-3H3,(H2,21,22,23). The van der Waals surface area contributed by atoms with Crippen molar-refractivity contribution in [3.8, 4) is 11.5 Å². The smallest absolute Gasteiger partial charge is 0.317 e. The van der Waals surface area contributed by atoms with E-state index in [1.165, 1.54) is 5.56 Å². The van der Waals surface area contributed by atoms with Crippen LogP contribution in [0, 0.1) is 0 Å². The SMILES string of the molecule is CCOc1ccc(OCNC(=O)NC(C)c2ccc(CC)cc2)cc1. The van der Waals surface area contributed by atoms with E-state index in [9.17, 15) is 4.79 Å². The zero-order valence-corrected chi connectivity index (χ0v) is 15.0. The van der Waals surface area contributed by atoms with Gasteiger partial charge in [-0.05, 0) is 55.7 Å². The van der Waals surface area contributed by atoms with Crippen molar-refractivity contribution in [1.29, 1.82) is 0 Å².